The number of halogens is 2. The summed E-state index contributed by atoms with van der Waals surface area (Å²) in [4.78, 5) is 48.0. The van der Waals surface area contributed by atoms with Gasteiger partial charge in [0.05, 0.1) is 18.8 Å². The summed E-state index contributed by atoms with van der Waals surface area (Å²) in [7, 11) is 0. The molecule has 4 N–H and O–H groups in total. The first-order valence-electron chi connectivity index (χ1n) is 10.5. The smallest absolute Gasteiger partial charge is 0.329 e. The Hall–Kier alpha value is -4.15. The SMILES string of the molecule is C[C@H](NC(=O)C(=O)N/N=C/c1ccc(CNC(=O)C(=O)Nc2cc(Cl)cc(Cl)c2)o1)c1ccccc1. The predicted octanol–water partition coefficient (Wildman–Crippen LogP) is 3.17. The minimum Gasteiger partial charge on any atom is -0.458 e. The highest BCUT2D eigenvalue weighted by molar-refractivity contribution is 6.40. The molecule has 0 aliphatic heterocycles. The monoisotopic (exact) mass is 529 g/mol. The minimum absolute atomic E-state index is 0.0808. The van der Waals surface area contributed by atoms with E-state index in [1.54, 1.807) is 13.0 Å². The van der Waals surface area contributed by atoms with Crippen LogP contribution in [0.5, 0.6) is 0 Å². The first-order chi connectivity index (χ1) is 17.2. The van der Waals surface area contributed by atoms with Gasteiger partial charge in [0.2, 0.25) is 0 Å². The number of carbonyl (C=O) groups is 4. The molecule has 36 heavy (non-hydrogen) atoms. The number of furan rings is 1. The topological polar surface area (TPSA) is 142 Å². The van der Waals surface area contributed by atoms with Crippen molar-refractivity contribution >= 4 is 58.7 Å². The molecular formula is C24H21Cl2N5O5. The third kappa shape index (κ3) is 7.97. The molecule has 0 aliphatic carbocycles. The van der Waals surface area contributed by atoms with Crippen molar-refractivity contribution in [2.24, 2.45) is 5.10 Å². The van der Waals surface area contributed by atoms with Crippen molar-refractivity contribution in [3.05, 3.63) is 87.8 Å². The van der Waals surface area contributed by atoms with Crippen LogP contribution in [0.4, 0.5) is 5.69 Å². The van der Waals surface area contributed by atoms with Gasteiger partial charge >= 0.3 is 23.6 Å². The van der Waals surface area contributed by atoms with Crippen LogP contribution in [0.25, 0.3) is 0 Å². The van der Waals surface area contributed by atoms with Gasteiger partial charge in [-0.15, -0.1) is 0 Å². The summed E-state index contributed by atoms with van der Waals surface area (Å²) < 4.78 is 5.45. The van der Waals surface area contributed by atoms with E-state index < -0.39 is 23.6 Å². The molecular weight excluding hydrogens is 509 g/mol. The van der Waals surface area contributed by atoms with E-state index in [0.717, 1.165) is 5.56 Å². The molecule has 0 radical (unpaired) electrons. The van der Waals surface area contributed by atoms with Crippen LogP contribution >= 0.6 is 23.2 Å². The Morgan fingerprint density at radius 2 is 1.61 bits per heavy atom. The summed E-state index contributed by atoms with van der Waals surface area (Å²) in [5.74, 6) is -3.03. The second-order valence-electron chi connectivity index (χ2n) is 7.40. The van der Waals surface area contributed by atoms with Gasteiger partial charge in [-0.25, -0.2) is 5.43 Å². The first kappa shape index (κ1) is 26.5. The molecule has 186 valence electrons. The van der Waals surface area contributed by atoms with Crippen molar-refractivity contribution in [3.63, 3.8) is 0 Å². The Bertz CT molecular complexity index is 1270. The lowest BCUT2D eigenvalue weighted by Crippen LogP contribution is -2.39. The van der Waals surface area contributed by atoms with E-state index in [9.17, 15) is 19.2 Å². The number of hydrazone groups is 1. The summed E-state index contributed by atoms with van der Waals surface area (Å²) in [6.45, 7) is 1.67. The molecule has 0 saturated heterocycles. The van der Waals surface area contributed by atoms with E-state index in [0.29, 0.717) is 15.8 Å². The van der Waals surface area contributed by atoms with Gasteiger partial charge in [-0.1, -0.05) is 53.5 Å². The Balaban J connectivity index is 1.43. The van der Waals surface area contributed by atoms with Crippen molar-refractivity contribution in [1.82, 2.24) is 16.1 Å². The lowest BCUT2D eigenvalue weighted by atomic mass is 10.1. The van der Waals surface area contributed by atoms with Gasteiger partial charge in [0.1, 0.15) is 11.5 Å². The fourth-order valence-electron chi connectivity index (χ4n) is 2.91. The van der Waals surface area contributed by atoms with Gasteiger partial charge in [0.25, 0.3) is 0 Å². The molecule has 0 unspecified atom stereocenters. The van der Waals surface area contributed by atoms with E-state index >= 15 is 0 Å². The summed E-state index contributed by atoms with van der Waals surface area (Å²) in [5, 5.41) is 11.7. The standard InChI is InChI=1S/C24H21Cl2N5O5/c1-14(15-5-3-2-4-6-15)29-23(34)24(35)31-28-13-20-8-7-19(36-20)12-27-21(32)22(33)30-18-10-16(25)9-17(26)11-18/h2-11,13-14H,12H2,1H3,(H,27,32)(H,29,34)(H,30,33)(H,31,35)/b28-13+/t14-/m0/s1. The summed E-state index contributed by atoms with van der Waals surface area (Å²) in [6.07, 6.45) is 1.19. The molecule has 4 amide bonds. The minimum atomic E-state index is -0.944. The third-order valence-electron chi connectivity index (χ3n) is 4.64. The number of hydrogen-bond donors (Lipinski definition) is 4. The van der Waals surface area contributed by atoms with Gasteiger partial charge in [0.15, 0.2) is 0 Å². The number of amides is 4. The summed E-state index contributed by atoms with van der Waals surface area (Å²) in [6, 6.07) is 16.3. The molecule has 1 aromatic heterocycles. The Morgan fingerprint density at radius 1 is 0.917 bits per heavy atom. The van der Waals surface area contributed by atoms with Crippen LogP contribution in [0.2, 0.25) is 10.0 Å². The highest BCUT2D eigenvalue weighted by Crippen LogP contribution is 2.22. The average Bonchev–Trinajstić information content (AvgIpc) is 3.29. The van der Waals surface area contributed by atoms with Crippen molar-refractivity contribution in [3.8, 4) is 0 Å². The second kappa shape index (κ2) is 12.5. The molecule has 12 heteroatoms. The number of rotatable bonds is 7. The highest BCUT2D eigenvalue weighted by Gasteiger charge is 2.17. The summed E-state index contributed by atoms with van der Waals surface area (Å²) >= 11 is 11.7. The van der Waals surface area contributed by atoms with E-state index in [4.69, 9.17) is 27.6 Å². The normalized spacial score (nSPS) is 11.5. The quantitative estimate of drug-likeness (QED) is 0.211. The van der Waals surface area contributed by atoms with E-state index in [-0.39, 0.29) is 24.0 Å². The Morgan fingerprint density at radius 3 is 2.31 bits per heavy atom. The second-order valence-corrected chi connectivity index (χ2v) is 8.28. The van der Waals surface area contributed by atoms with Gasteiger partial charge in [-0.2, -0.15) is 5.10 Å². The van der Waals surface area contributed by atoms with Crippen molar-refractivity contribution in [2.45, 2.75) is 19.5 Å². The number of anilines is 1. The van der Waals surface area contributed by atoms with E-state index in [1.807, 2.05) is 30.3 Å². The number of benzene rings is 2. The third-order valence-corrected chi connectivity index (χ3v) is 5.08. The number of carbonyl (C=O) groups excluding carboxylic acids is 4. The van der Waals surface area contributed by atoms with Crippen molar-refractivity contribution in [2.75, 3.05) is 5.32 Å². The number of nitrogens with zero attached hydrogens (tertiary/aromatic N) is 1. The average molecular weight is 530 g/mol. The molecule has 1 atom stereocenters. The molecule has 0 bridgehead atoms. The fourth-order valence-corrected chi connectivity index (χ4v) is 3.44. The lowest BCUT2D eigenvalue weighted by molar-refractivity contribution is -0.139. The molecule has 3 aromatic rings. The van der Waals surface area contributed by atoms with Gasteiger partial charge < -0.3 is 20.4 Å². The van der Waals surface area contributed by atoms with Crippen molar-refractivity contribution in [1.29, 1.82) is 0 Å². The van der Waals surface area contributed by atoms with Crippen molar-refractivity contribution < 1.29 is 23.6 Å². The lowest BCUT2D eigenvalue weighted by Gasteiger charge is -2.13. The van der Waals surface area contributed by atoms with Gasteiger partial charge in [0, 0.05) is 15.7 Å². The van der Waals surface area contributed by atoms with Crippen LogP contribution in [0.3, 0.4) is 0 Å². The number of nitrogens with one attached hydrogen (secondary N) is 4. The first-order valence-corrected chi connectivity index (χ1v) is 11.3. The maximum absolute atomic E-state index is 12.0. The highest BCUT2D eigenvalue weighted by atomic mass is 35.5. The summed E-state index contributed by atoms with van der Waals surface area (Å²) in [5.41, 5.74) is 3.23. The van der Waals surface area contributed by atoms with Crippen LogP contribution in [0, 0.1) is 0 Å². The van der Waals surface area contributed by atoms with E-state index in [1.165, 1.54) is 30.5 Å². The molecule has 0 saturated carbocycles. The zero-order valence-electron chi connectivity index (χ0n) is 18.9. The zero-order chi connectivity index (χ0) is 26.1. The van der Waals surface area contributed by atoms with Crippen LogP contribution in [-0.4, -0.2) is 29.8 Å². The molecule has 1 heterocycles. The largest absolute Gasteiger partial charge is 0.458 e. The van der Waals surface area contributed by atoms with Crippen LogP contribution in [0.15, 0.2) is 70.2 Å². The molecule has 0 aliphatic rings. The van der Waals surface area contributed by atoms with Gasteiger partial charge in [-0.05, 0) is 42.8 Å². The van der Waals surface area contributed by atoms with Crippen LogP contribution in [0.1, 0.15) is 30.0 Å². The predicted molar refractivity (Wildman–Crippen MR) is 134 cm³/mol. The molecule has 2 aromatic carbocycles. The van der Waals surface area contributed by atoms with E-state index in [2.05, 4.69) is 26.5 Å². The van der Waals surface area contributed by atoms with Crippen LogP contribution in [-0.2, 0) is 25.7 Å². The number of hydrogen-bond acceptors (Lipinski definition) is 6. The molecule has 0 fully saturated rings. The molecule has 10 nitrogen and oxygen atoms in total. The van der Waals surface area contributed by atoms with Gasteiger partial charge in [-0.3, -0.25) is 19.2 Å². The maximum Gasteiger partial charge on any atom is 0.329 e. The maximum atomic E-state index is 12.0. The molecule has 3 rings (SSSR count). The zero-order valence-corrected chi connectivity index (χ0v) is 20.4. The molecule has 0 spiro atoms. The fraction of sp³-hybridized carbons (Fsp3) is 0.125. The Kier molecular flexibility index (Phi) is 9.20. The Labute approximate surface area is 216 Å². The van der Waals surface area contributed by atoms with Crippen LogP contribution < -0.4 is 21.4 Å².